The van der Waals surface area contributed by atoms with Gasteiger partial charge in [-0.25, -0.2) is 0 Å². The first-order valence-electron chi connectivity index (χ1n) is 5.67. The van der Waals surface area contributed by atoms with E-state index in [1.807, 2.05) is 12.1 Å². The van der Waals surface area contributed by atoms with Gasteiger partial charge in [0, 0.05) is 27.5 Å². The molecular weight excluding hydrogens is 282 g/mol. The van der Waals surface area contributed by atoms with Crippen molar-refractivity contribution in [2.45, 2.75) is 19.3 Å². The molecule has 3 nitrogen and oxygen atoms in total. The lowest BCUT2D eigenvalue weighted by Crippen LogP contribution is -2.21. The van der Waals surface area contributed by atoms with Crippen molar-refractivity contribution in [3.63, 3.8) is 0 Å². The standard InChI is InChI=1S/C13H12BrNO2/c14-8-2-4-11-10(6-8)9-3-1-7(13(16)17)5-12(9)15-11/h2,4,6-7,15H,1,3,5H2,(H,16,17)/t7-/m1/s1. The Bertz CT molecular complexity index is 603. The summed E-state index contributed by atoms with van der Waals surface area (Å²) in [5.74, 6) is -0.922. The number of rotatable bonds is 1. The number of carboxylic acid groups (broad SMARTS) is 1. The summed E-state index contributed by atoms with van der Waals surface area (Å²) >= 11 is 3.47. The van der Waals surface area contributed by atoms with E-state index in [1.165, 1.54) is 10.9 Å². The van der Waals surface area contributed by atoms with Crippen molar-refractivity contribution in [2.75, 3.05) is 0 Å². The van der Waals surface area contributed by atoms with E-state index in [4.69, 9.17) is 5.11 Å². The van der Waals surface area contributed by atoms with Gasteiger partial charge in [-0.3, -0.25) is 4.79 Å². The van der Waals surface area contributed by atoms with Crippen molar-refractivity contribution >= 4 is 32.8 Å². The molecule has 1 aromatic carbocycles. The summed E-state index contributed by atoms with van der Waals surface area (Å²) in [4.78, 5) is 14.4. The smallest absolute Gasteiger partial charge is 0.306 e. The van der Waals surface area contributed by atoms with Crippen molar-refractivity contribution in [1.29, 1.82) is 0 Å². The zero-order chi connectivity index (χ0) is 12.0. The van der Waals surface area contributed by atoms with E-state index in [-0.39, 0.29) is 5.92 Å². The fraction of sp³-hybridized carbons (Fsp3) is 0.308. The molecule has 1 aliphatic carbocycles. The van der Waals surface area contributed by atoms with Crippen LogP contribution in [0.3, 0.4) is 0 Å². The van der Waals surface area contributed by atoms with Gasteiger partial charge in [0.2, 0.25) is 0 Å². The van der Waals surface area contributed by atoms with Crippen molar-refractivity contribution in [1.82, 2.24) is 4.98 Å². The van der Waals surface area contributed by atoms with Crippen LogP contribution < -0.4 is 0 Å². The van der Waals surface area contributed by atoms with Gasteiger partial charge in [0.1, 0.15) is 0 Å². The molecule has 3 rings (SSSR count). The molecule has 0 unspecified atom stereocenters. The Hall–Kier alpha value is -1.29. The molecule has 17 heavy (non-hydrogen) atoms. The molecular formula is C13H12BrNO2. The molecule has 0 radical (unpaired) electrons. The second-order valence-corrected chi connectivity index (χ2v) is 5.47. The number of aromatic nitrogens is 1. The van der Waals surface area contributed by atoms with Gasteiger partial charge in [-0.1, -0.05) is 15.9 Å². The van der Waals surface area contributed by atoms with E-state index in [0.29, 0.717) is 6.42 Å². The fourth-order valence-electron chi connectivity index (χ4n) is 2.61. The molecule has 0 saturated heterocycles. The quantitative estimate of drug-likeness (QED) is 0.849. The Kier molecular flexibility index (Phi) is 2.47. The fourth-order valence-corrected chi connectivity index (χ4v) is 2.97. The SMILES string of the molecule is O=C(O)[C@@H]1CCc2c([nH]c3ccc(Br)cc23)C1. The first-order valence-corrected chi connectivity index (χ1v) is 6.46. The van der Waals surface area contributed by atoms with E-state index in [2.05, 4.69) is 27.0 Å². The van der Waals surface area contributed by atoms with Crippen LogP contribution in [0.2, 0.25) is 0 Å². The molecule has 1 heterocycles. The Morgan fingerprint density at radius 3 is 3.06 bits per heavy atom. The first-order chi connectivity index (χ1) is 8.15. The molecule has 0 aliphatic heterocycles. The predicted molar refractivity (Wildman–Crippen MR) is 69.1 cm³/mol. The zero-order valence-corrected chi connectivity index (χ0v) is 10.8. The third-order valence-corrected chi connectivity index (χ3v) is 3.99. The third-order valence-electron chi connectivity index (χ3n) is 3.50. The van der Waals surface area contributed by atoms with Gasteiger partial charge in [-0.15, -0.1) is 0 Å². The molecule has 1 aliphatic rings. The lowest BCUT2D eigenvalue weighted by molar-refractivity contribution is -0.142. The lowest BCUT2D eigenvalue weighted by atomic mass is 9.87. The number of carboxylic acids is 1. The minimum atomic E-state index is -0.685. The van der Waals surface area contributed by atoms with E-state index in [1.54, 1.807) is 0 Å². The van der Waals surface area contributed by atoms with E-state index < -0.39 is 5.97 Å². The highest BCUT2D eigenvalue weighted by Gasteiger charge is 2.26. The summed E-state index contributed by atoms with van der Waals surface area (Å²) in [6.07, 6.45) is 2.21. The molecule has 0 fully saturated rings. The Morgan fingerprint density at radius 1 is 1.47 bits per heavy atom. The average Bonchev–Trinajstić information content (AvgIpc) is 2.66. The second kappa shape index (κ2) is 3.88. The topological polar surface area (TPSA) is 53.1 Å². The maximum absolute atomic E-state index is 11.0. The minimum Gasteiger partial charge on any atom is -0.481 e. The number of aromatic amines is 1. The summed E-state index contributed by atoms with van der Waals surface area (Å²) in [7, 11) is 0. The number of aryl methyl sites for hydroxylation is 1. The largest absolute Gasteiger partial charge is 0.481 e. The van der Waals surface area contributed by atoms with Gasteiger partial charge in [0.05, 0.1) is 5.92 Å². The molecule has 2 aromatic rings. The summed E-state index contributed by atoms with van der Waals surface area (Å²) < 4.78 is 1.06. The van der Waals surface area contributed by atoms with E-state index in [0.717, 1.165) is 28.5 Å². The number of hydrogen-bond donors (Lipinski definition) is 2. The van der Waals surface area contributed by atoms with Crippen molar-refractivity contribution in [2.24, 2.45) is 5.92 Å². The number of fused-ring (bicyclic) bond motifs is 3. The third kappa shape index (κ3) is 1.76. The molecule has 0 amide bonds. The Balaban J connectivity index is 2.10. The molecule has 0 bridgehead atoms. The highest BCUT2D eigenvalue weighted by molar-refractivity contribution is 9.10. The van der Waals surface area contributed by atoms with Gasteiger partial charge in [0.15, 0.2) is 0 Å². The van der Waals surface area contributed by atoms with Gasteiger partial charge < -0.3 is 10.1 Å². The van der Waals surface area contributed by atoms with Gasteiger partial charge in [-0.2, -0.15) is 0 Å². The molecule has 0 spiro atoms. The average molecular weight is 294 g/mol. The molecule has 1 atom stereocenters. The monoisotopic (exact) mass is 293 g/mol. The number of hydrogen-bond acceptors (Lipinski definition) is 1. The highest BCUT2D eigenvalue weighted by atomic mass is 79.9. The molecule has 4 heteroatoms. The Morgan fingerprint density at radius 2 is 2.29 bits per heavy atom. The predicted octanol–water partition coefficient (Wildman–Crippen LogP) is 3.12. The molecule has 0 saturated carbocycles. The van der Waals surface area contributed by atoms with Crippen LogP contribution in [0.15, 0.2) is 22.7 Å². The number of carbonyl (C=O) groups is 1. The number of benzene rings is 1. The minimum absolute atomic E-state index is 0.237. The van der Waals surface area contributed by atoms with Crippen LogP contribution in [0.25, 0.3) is 10.9 Å². The molecule has 2 N–H and O–H groups in total. The van der Waals surface area contributed by atoms with Crippen LogP contribution in [0.1, 0.15) is 17.7 Å². The Labute approximate surface area is 107 Å². The van der Waals surface area contributed by atoms with Crippen LogP contribution in [-0.2, 0) is 17.6 Å². The number of aliphatic carboxylic acids is 1. The van der Waals surface area contributed by atoms with Crippen molar-refractivity contribution in [3.8, 4) is 0 Å². The molecule has 88 valence electrons. The summed E-state index contributed by atoms with van der Waals surface area (Å²) in [6.45, 7) is 0. The van der Waals surface area contributed by atoms with Crippen LogP contribution in [-0.4, -0.2) is 16.1 Å². The number of halogens is 1. The van der Waals surface area contributed by atoms with Crippen LogP contribution in [0, 0.1) is 5.92 Å². The van der Waals surface area contributed by atoms with Crippen molar-refractivity contribution in [3.05, 3.63) is 33.9 Å². The lowest BCUT2D eigenvalue weighted by Gasteiger charge is -2.18. The van der Waals surface area contributed by atoms with E-state index >= 15 is 0 Å². The van der Waals surface area contributed by atoms with Gasteiger partial charge in [0.25, 0.3) is 0 Å². The van der Waals surface area contributed by atoms with Gasteiger partial charge >= 0.3 is 5.97 Å². The summed E-state index contributed by atoms with van der Waals surface area (Å²) in [5.41, 5.74) is 3.49. The second-order valence-electron chi connectivity index (χ2n) is 4.55. The number of nitrogens with one attached hydrogen (secondary N) is 1. The normalized spacial score (nSPS) is 19.2. The summed E-state index contributed by atoms with van der Waals surface area (Å²) in [5, 5.41) is 10.3. The van der Waals surface area contributed by atoms with Gasteiger partial charge in [-0.05, 0) is 36.6 Å². The summed E-state index contributed by atoms with van der Waals surface area (Å²) in [6, 6.07) is 6.14. The van der Waals surface area contributed by atoms with Crippen molar-refractivity contribution < 1.29 is 9.90 Å². The number of H-pyrrole nitrogens is 1. The first kappa shape index (κ1) is 10.8. The molecule has 1 aromatic heterocycles. The van der Waals surface area contributed by atoms with Crippen LogP contribution in [0.5, 0.6) is 0 Å². The zero-order valence-electron chi connectivity index (χ0n) is 9.16. The highest BCUT2D eigenvalue weighted by Crippen LogP contribution is 2.33. The van der Waals surface area contributed by atoms with Crippen LogP contribution >= 0.6 is 15.9 Å². The maximum Gasteiger partial charge on any atom is 0.306 e. The van der Waals surface area contributed by atoms with E-state index in [9.17, 15) is 4.79 Å². The maximum atomic E-state index is 11.0. The van der Waals surface area contributed by atoms with Crippen LogP contribution in [0.4, 0.5) is 0 Å².